The molecule has 7 heteroatoms. The number of carbonyl (C=O) groups is 1. The Morgan fingerprint density at radius 3 is 2.46 bits per heavy atom. The summed E-state index contributed by atoms with van der Waals surface area (Å²) in [6, 6.07) is 10.6. The lowest BCUT2D eigenvalue weighted by Gasteiger charge is -2.31. The number of carbonyl (C=O) groups excluding carboxylic acids is 1. The largest absolute Gasteiger partial charge is 0.342 e. The van der Waals surface area contributed by atoms with E-state index in [1.807, 2.05) is 11.9 Å². The highest BCUT2D eigenvalue weighted by Crippen LogP contribution is 2.23. The van der Waals surface area contributed by atoms with Crippen molar-refractivity contribution >= 4 is 33.0 Å². The van der Waals surface area contributed by atoms with Gasteiger partial charge in [-0.3, -0.25) is 9.52 Å². The third-order valence-electron chi connectivity index (χ3n) is 4.84. The smallest absolute Gasteiger partial charge is 0.271 e. The van der Waals surface area contributed by atoms with Gasteiger partial charge in [0.15, 0.2) is 0 Å². The van der Waals surface area contributed by atoms with Crippen molar-refractivity contribution in [3.05, 3.63) is 47.3 Å². The molecule has 1 N–H and O–H groups in total. The molecule has 140 valence electrons. The Kier molecular flexibility index (Phi) is 5.98. The van der Waals surface area contributed by atoms with Crippen LogP contribution in [0.3, 0.4) is 0 Å². The molecule has 1 aliphatic rings. The predicted octanol–water partition coefficient (Wildman–Crippen LogP) is 3.88. The van der Waals surface area contributed by atoms with E-state index in [1.165, 1.54) is 30.6 Å². The highest BCUT2D eigenvalue weighted by Gasteiger charge is 2.22. The number of benzene rings is 1. The molecule has 0 bridgehead atoms. The summed E-state index contributed by atoms with van der Waals surface area (Å²) in [5.74, 6) is 0.115. The molecule has 0 aliphatic heterocycles. The van der Waals surface area contributed by atoms with E-state index in [4.69, 9.17) is 0 Å². The molecule has 1 fully saturated rings. The lowest BCUT2D eigenvalue weighted by atomic mass is 9.94. The highest BCUT2D eigenvalue weighted by molar-refractivity contribution is 7.94. The molecule has 0 atom stereocenters. The number of nitrogens with zero attached hydrogens (tertiary/aromatic N) is 1. The van der Waals surface area contributed by atoms with Crippen molar-refractivity contribution in [1.29, 1.82) is 0 Å². The first-order chi connectivity index (χ1) is 12.5. The number of anilines is 1. The number of likely N-dealkylation sites (N-methyl/N-ethyl adjacent to an activating group) is 1. The Hall–Kier alpha value is -1.86. The Bertz CT molecular complexity index is 824. The molecule has 0 radical (unpaired) electrons. The molecular formula is C19H24N2O3S2. The van der Waals surface area contributed by atoms with Crippen molar-refractivity contribution in [2.45, 2.75) is 48.8 Å². The minimum Gasteiger partial charge on any atom is -0.342 e. The maximum absolute atomic E-state index is 12.5. The topological polar surface area (TPSA) is 66.5 Å². The van der Waals surface area contributed by atoms with Crippen molar-refractivity contribution in [3.8, 4) is 0 Å². The normalized spacial score (nSPS) is 15.6. The number of amides is 1. The molecule has 26 heavy (non-hydrogen) atoms. The zero-order valence-corrected chi connectivity index (χ0v) is 16.5. The first-order valence-electron chi connectivity index (χ1n) is 8.86. The summed E-state index contributed by atoms with van der Waals surface area (Å²) < 4.78 is 27.3. The van der Waals surface area contributed by atoms with Crippen LogP contribution in [0.2, 0.25) is 0 Å². The summed E-state index contributed by atoms with van der Waals surface area (Å²) in [4.78, 5) is 14.4. The fourth-order valence-corrected chi connectivity index (χ4v) is 5.34. The molecule has 1 aromatic carbocycles. The Balaban J connectivity index is 1.60. The molecule has 1 amide bonds. The number of thiophene rings is 1. The van der Waals surface area contributed by atoms with Crippen molar-refractivity contribution in [2.24, 2.45) is 0 Å². The minimum atomic E-state index is -3.54. The maximum atomic E-state index is 12.5. The van der Waals surface area contributed by atoms with Gasteiger partial charge in [0.05, 0.1) is 6.42 Å². The number of hydrogen-bond donors (Lipinski definition) is 1. The Morgan fingerprint density at radius 1 is 1.15 bits per heavy atom. The molecule has 0 saturated heterocycles. The third kappa shape index (κ3) is 4.65. The molecule has 0 spiro atoms. The molecule has 5 nitrogen and oxygen atoms in total. The van der Waals surface area contributed by atoms with Crippen molar-refractivity contribution in [1.82, 2.24) is 4.90 Å². The van der Waals surface area contributed by atoms with E-state index in [2.05, 4.69) is 4.72 Å². The van der Waals surface area contributed by atoms with E-state index in [9.17, 15) is 13.2 Å². The molecule has 1 saturated carbocycles. The summed E-state index contributed by atoms with van der Waals surface area (Å²) in [6.07, 6.45) is 6.17. The van der Waals surface area contributed by atoms with Crippen LogP contribution in [-0.2, 0) is 21.2 Å². The second-order valence-electron chi connectivity index (χ2n) is 6.71. The van der Waals surface area contributed by atoms with Crippen LogP contribution in [0.1, 0.15) is 37.7 Å². The van der Waals surface area contributed by atoms with Crippen LogP contribution < -0.4 is 4.72 Å². The number of nitrogens with one attached hydrogen (secondary N) is 1. The molecule has 0 unspecified atom stereocenters. The van der Waals surface area contributed by atoms with Gasteiger partial charge in [0, 0.05) is 18.8 Å². The summed E-state index contributed by atoms with van der Waals surface area (Å²) in [5.41, 5.74) is 1.38. The second kappa shape index (κ2) is 8.22. The van der Waals surface area contributed by atoms with Crippen molar-refractivity contribution in [3.63, 3.8) is 0 Å². The lowest BCUT2D eigenvalue weighted by Crippen LogP contribution is -2.39. The van der Waals surface area contributed by atoms with E-state index in [0.29, 0.717) is 18.2 Å². The van der Waals surface area contributed by atoms with E-state index in [1.54, 1.807) is 41.8 Å². The summed E-state index contributed by atoms with van der Waals surface area (Å²) in [7, 11) is -1.65. The zero-order valence-electron chi connectivity index (χ0n) is 14.8. The van der Waals surface area contributed by atoms with E-state index < -0.39 is 10.0 Å². The monoisotopic (exact) mass is 392 g/mol. The average Bonchev–Trinajstić information content (AvgIpc) is 3.19. The zero-order chi connectivity index (χ0) is 18.6. The van der Waals surface area contributed by atoms with Gasteiger partial charge in [-0.1, -0.05) is 37.5 Å². The van der Waals surface area contributed by atoms with Crippen LogP contribution >= 0.6 is 11.3 Å². The molecule has 1 aliphatic carbocycles. The summed E-state index contributed by atoms with van der Waals surface area (Å²) in [5, 5.41) is 1.73. The Labute approximate surface area is 159 Å². The van der Waals surface area contributed by atoms with Gasteiger partial charge in [-0.05, 0) is 42.0 Å². The van der Waals surface area contributed by atoms with Crippen LogP contribution in [0.15, 0.2) is 46.0 Å². The fourth-order valence-electron chi connectivity index (χ4n) is 3.28. The van der Waals surface area contributed by atoms with Gasteiger partial charge < -0.3 is 4.90 Å². The van der Waals surface area contributed by atoms with Gasteiger partial charge in [-0.15, -0.1) is 11.3 Å². The predicted molar refractivity (Wildman–Crippen MR) is 105 cm³/mol. The Morgan fingerprint density at radius 2 is 1.85 bits per heavy atom. The SMILES string of the molecule is CN(C(=O)Cc1ccc(NS(=O)(=O)c2cccs2)cc1)C1CCCCC1. The molecule has 1 aromatic heterocycles. The second-order valence-corrected chi connectivity index (χ2v) is 9.56. The average molecular weight is 393 g/mol. The van der Waals surface area contributed by atoms with Crippen LogP contribution in [0.25, 0.3) is 0 Å². The van der Waals surface area contributed by atoms with Gasteiger partial charge in [0.1, 0.15) is 4.21 Å². The van der Waals surface area contributed by atoms with Crippen LogP contribution in [0, 0.1) is 0 Å². The van der Waals surface area contributed by atoms with Crippen LogP contribution in [0.5, 0.6) is 0 Å². The molecule has 2 aromatic rings. The minimum absolute atomic E-state index is 0.115. The van der Waals surface area contributed by atoms with Gasteiger partial charge in [0.25, 0.3) is 10.0 Å². The third-order valence-corrected chi connectivity index (χ3v) is 7.62. The van der Waals surface area contributed by atoms with E-state index in [0.717, 1.165) is 18.4 Å². The maximum Gasteiger partial charge on any atom is 0.271 e. The van der Waals surface area contributed by atoms with Crippen LogP contribution in [0.4, 0.5) is 5.69 Å². The number of rotatable bonds is 6. The van der Waals surface area contributed by atoms with Crippen LogP contribution in [-0.4, -0.2) is 32.3 Å². The molecule has 1 heterocycles. The number of sulfonamides is 1. The highest BCUT2D eigenvalue weighted by atomic mass is 32.2. The van der Waals surface area contributed by atoms with Crippen molar-refractivity contribution in [2.75, 3.05) is 11.8 Å². The first-order valence-corrected chi connectivity index (χ1v) is 11.2. The van der Waals surface area contributed by atoms with Crippen molar-refractivity contribution < 1.29 is 13.2 Å². The van der Waals surface area contributed by atoms with Gasteiger partial charge >= 0.3 is 0 Å². The fraction of sp³-hybridized carbons (Fsp3) is 0.421. The number of hydrogen-bond acceptors (Lipinski definition) is 4. The lowest BCUT2D eigenvalue weighted by molar-refractivity contribution is -0.131. The summed E-state index contributed by atoms with van der Waals surface area (Å²) in [6.45, 7) is 0. The standard InChI is InChI=1S/C19H24N2O3S2/c1-21(17-6-3-2-4-7-17)18(22)14-15-9-11-16(12-10-15)20-26(23,24)19-8-5-13-25-19/h5,8-13,17,20H,2-4,6-7,14H2,1H3. The van der Waals surface area contributed by atoms with Gasteiger partial charge in [-0.2, -0.15) is 0 Å². The molecule has 3 rings (SSSR count). The van der Waals surface area contributed by atoms with Gasteiger partial charge in [0.2, 0.25) is 5.91 Å². The quantitative estimate of drug-likeness (QED) is 0.811. The van der Waals surface area contributed by atoms with Gasteiger partial charge in [-0.25, -0.2) is 8.42 Å². The van der Waals surface area contributed by atoms with E-state index >= 15 is 0 Å². The molecular weight excluding hydrogens is 368 g/mol. The van der Waals surface area contributed by atoms with E-state index in [-0.39, 0.29) is 10.1 Å². The summed E-state index contributed by atoms with van der Waals surface area (Å²) >= 11 is 1.18. The first kappa shape index (κ1) is 18.9.